The van der Waals surface area contributed by atoms with Gasteiger partial charge in [0.2, 0.25) is 5.91 Å². The highest BCUT2D eigenvalue weighted by atomic mass is 16.5. The van der Waals surface area contributed by atoms with Crippen molar-refractivity contribution in [2.24, 2.45) is 5.73 Å². The maximum atomic E-state index is 13.0. The topological polar surface area (TPSA) is 94.3 Å². The number of hydrogen-bond donors (Lipinski definition) is 2. The lowest BCUT2D eigenvalue weighted by Crippen LogP contribution is -2.14. The molecule has 0 fully saturated rings. The number of nitrogens with two attached hydrogens (primary N) is 1. The molecule has 6 nitrogen and oxygen atoms in total. The zero-order valence-electron chi connectivity index (χ0n) is 15.6. The quantitative estimate of drug-likeness (QED) is 0.492. The van der Waals surface area contributed by atoms with Crippen LogP contribution in [-0.2, 0) is 4.79 Å². The summed E-state index contributed by atoms with van der Waals surface area (Å²) in [5, 5.41) is 5.89. The van der Waals surface area contributed by atoms with Crippen molar-refractivity contribution in [2.75, 3.05) is 11.9 Å². The highest BCUT2D eigenvalue weighted by Gasteiger charge is 2.14. The SMILES string of the molecule is NC(=O)CCOc1ccc(NC(=O)c2cc3ccccc3c3cccnc23)cc1. The number of pyridine rings is 1. The average Bonchev–Trinajstić information content (AvgIpc) is 2.74. The number of ether oxygens (including phenoxy) is 1. The normalized spacial score (nSPS) is 10.8. The minimum atomic E-state index is -0.412. The van der Waals surface area contributed by atoms with Gasteiger partial charge in [-0.05, 0) is 47.2 Å². The molecule has 0 spiro atoms. The van der Waals surface area contributed by atoms with Gasteiger partial charge in [-0.2, -0.15) is 0 Å². The summed E-state index contributed by atoms with van der Waals surface area (Å²) in [6.07, 6.45) is 1.84. The summed E-state index contributed by atoms with van der Waals surface area (Å²) in [5.74, 6) is -0.0472. The van der Waals surface area contributed by atoms with Gasteiger partial charge in [0.15, 0.2) is 0 Å². The number of primary amides is 1. The largest absolute Gasteiger partial charge is 0.493 e. The number of benzene rings is 3. The Bertz CT molecular complexity index is 1200. The van der Waals surface area contributed by atoms with Gasteiger partial charge in [-0.25, -0.2) is 0 Å². The standard InChI is InChI=1S/C23H19N3O3/c24-21(27)11-13-29-17-9-7-16(8-10-17)26-23(28)20-14-15-4-1-2-5-18(15)19-6-3-12-25-22(19)20/h1-10,12,14H,11,13H2,(H2,24,27)(H,26,28). The summed E-state index contributed by atoms with van der Waals surface area (Å²) >= 11 is 0. The zero-order valence-corrected chi connectivity index (χ0v) is 15.6. The molecule has 0 atom stereocenters. The number of carbonyl (C=O) groups is 2. The van der Waals surface area contributed by atoms with Crippen molar-refractivity contribution in [3.8, 4) is 5.75 Å². The van der Waals surface area contributed by atoms with Crippen LogP contribution in [-0.4, -0.2) is 23.4 Å². The number of rotatable bonds is 6. The molecule has 0 aliphatic carbocycles. The summed E-state index contributed by atoms with van der Waals surface area (Å²) in [6, 6.07) is 20.6. The first-order valence-corrected chi connectivity index (χ1v) is 9.21. The Hall–Kier alpha value is -3.93. The van der Waals surface area contributed by atoms with E-state index in [-0.39, 0.29) is 18.9 Å². The number of fused-ring (bicyclic) bond motifs is 3. The highest BCUT2D eigenvalue weighted by Crippen LogP contribution is 2.28. The molecule has 0 aliphatic rings. The van der Waals surface area contributed by atoms with Gasteiger partial charge in [0.1, 0.15) is 5.75 Å². The van der Waals surface area contributed by atoms with Crippen LogP contribution in [0.3, 0.4) is 0 Å². The van der Waals surface area contributed by atoms with Gasteiger partial charge in [0, 0.05) is 17.3 Å². The Balaban J connectivity index is 1.58. The molecule has 0 bridgehead atoms. The smallest absolute Gasteiger partial charge is 0.257 e. The molecule has 0 radical (unpaired) electrons. The van der Waals surface area contributed by atoms with Gasteiger partial charge in [-0.3, -0.25) is 14.6 Å². The molecule has 1 aromatic heterocycles. The maximum absolute atomic E-state index is 13.0. The van der Waals surface area contributed by atoms with E-state index in [4.69, 9.17) is 10.5 Å². The van der Waals surface area contributed by atoms with E-state index in [1.807, 2.05) is 42.5 Å². The Morgan fingerprint density at radius 2 is 1.72 bits per heavy atom. The predicted octanol–water partition coefficient (Wildman–Crippen LogP) is 3.89. The molecule has 2 amide bonds. The van der Waals surface area contributed by atoms with Crippen molar-refractivity contribution in [1.29, 1.82) is 0 Å². The Labute approximate surface area is 167 Å². The number of aromatic nitrogens is 1. The molecule has 3 aromatic carbocycles. The first-order valence-electron chi connectivity index (χ1n) is 9.21. The lowest BCUT2D eigenvalue weighted by Gasteiger charge is -2.11. The van der Waals surface area contributed by atoms with Crippen LogP contribution in [0, 0.1) is 0 Å². The molecule has 29 heavy (non-hydrogen) atoms. The number of anilines is 1. The van der Waals surface area contributed by atoms with Crippen LogP contribution in [0.5, 0.6) is 5.75 Å². The van der Waals surface area contributed by atoms with E-state index in [9.17, 15) is 9.59 Å². The van der Waals surface area contributed by atoms with Crippen LogP contribution >= 0.6 is 0 Å². The van der Waals surface area contributed by atoms with Crippen LogP contribution < -0.4 is 15.8 Å². The molecule has 4 rings (SSSR count). The summed E-state index contributed by atoms with van der Waals surface area (Å²) in [7, 11) is 0. The fourth-order valence-corrected chi connectivity index (χ4v) is 3.20. The number of nitrogens with one attached hydrogen (secondary N) is 1. The van der Waals surface area contributed by atoms with Gasteiger partial charge in [0.25, 0.3) is 5.91 Å². The van der Waals surface area contributed by atoms with Gasteiger partial charge in [-0.1, -0.05) is 30.3 Å². The molecule has 0 unspecified atom stereocenters. The Kier molecular flexibility index (Phi) is 5.07. The molecule has 0 saturated carbocycles. The fourth-order valence-electron chi connectivity index (χ4n) is 3.20. The van der Waals surface area contributed by atoms with Gasteiger partial charge in [-0.15, -0.1) is 0 Å². The lowest BCUT2D eigenvalue weighted by atomic mass is 10.0. The molecule has 0 aliphatic heterocycles. The Morgan fingerprint density at radius 1 is 0.966 bits per heavy atom. The van der Waals surface area contributed by atoms with Crippen LogP contribution in [0.15, 0.2) is 72.9 Å². The van der Waals surface area contributed by atoms with Crippen molar-refractivity contribution in [1.82, 2.24) is 4.98 Å². The third kappa shape index (κ3) is 4.01. The van der Waals surface area contributed by atoms with E-state index in [1.165, 1.54) is 0 Å². The number of amides is 2. The average molecular weight is 385 g/mol. The second-order valence-corrected chi connectivity index (χ2v) is 6.59. The Morgan fingerprint density at radius 3 is 2.52 bits per heavy atom. The van der Waals surface area contributed by atoms with Crippen molar-refractivity contribution in [3.63, 3.8) is 0 Å². The first kappa shape index (κ1) is 18.4. The summed E-state index contributed by atoms with van der Waals surface area (Å²) in [6.45, 7) is 0.218. The number of nitrogens with zero attached hydrogens (tertiary/aromatic N) is 1. The molecule has 6 heteroatoms. The first-order chi connectivity index (χ1) is 14.1. The van der Waals surface area contributed by atoms with E-state index in [0.29, 0.717) is 22.5 Å². The predicted molar refractivity (Wildman–Crippen MR) is 113 cm³/mol. The summed E-state index contributed by atoms with van der Waals surface area (Å²) in [4.78, 5) is 28.2. The highest BCUT2D eigenvalue weighted by molar-refractivity contribution is 6.18. The van der Waals surface area contributed by atoms with Crippen molar-refractivity contribution in [2.45, 2.75) is 6.42 Å². The molecule has 0 saturated heterocycles. The molecular formula is C23H19N3O3. The van der Waals surface area contributed by atoms with E-state index >= 15 is 0 Å². The molecule has 144 valence electrons. The van der Waals surface area contributed by atoms with Gasteiger partial charge in [0.05, 0.1) is 24.1 Å². The second kappa shape index (κ2) is 7.98. The summed E-state index contributed by atoms with van der Waals surface area (Å²) in [5.41, 5.74) is 6.90. The molecule has 1 heterocycles. The number of carbonyl (C=O) groups excluding carboxylic acids is 2. The van der Waals surface area contributed by atoms with Crippen LogP contribution in [0.2, 0.25) is 0 Å². The van der Waals surface area contributed by atoms with E-state index in [2.05, 4.69) is 10.3 Å². The maximum Gasteiger partial charge on any atom is 0.257 e. The fraction of sp³-hybridized carbons (Fsp3) is 0.0870. The van der Waals surface area contributed by atoms with Crippen LogP contribution in [0.4, 0.5) is 5.69 Å². The minimum Gasteiger partial charge on any atom is -0.493 e. The molecular weight excluding hydrogens is 366 g/mol. The van der Waals surface area contributed by atoms with Crippen molar-refractivity contribution in [3.05, 3.63) is 78.5 Å². The zero-order chi connectivity index (χ0) is 20.2. The number of hydrogen-bond acceptors (Lipinski definition) is 4. The van der Waals surface area contributed by atoms with Crippen LogP contribution in [0.25, 0.3) is 21.7 Å². The summed E-state index contributed by atoms with van der Waals surface area (Å²) < 4.78 is 5.44. The van der Waals surface area contributed by atoms with E-state index in [0.717, 1.165) is 16.2 Å². The van der Waals surface area contributed by atoms with E-state index < -0.39 is 5.91 Å². The molecule has 4 aromatic rings. The van der Waals surface area contributed by atoms with Gasteiger partial charge >= 0.3 is 0 Å². The third-order valence-corrected chi connectivity index (χ3v) is 4.59. The van der Waals surface area contributed by atoms with Crippen LogP contribution in [0.1, 0.15) is 16.8 Å². The van der Waals surface area contributed by atoms with Crippen molar-refractivity contribution >= 4 is 39.2 Å². The van der Waals surface area contributed by atoms with Gasteiger partial charge < -0.3 is 15.8 Å². The minimum absolute atomic E-state index is 0.153. The lowest BCUT2D eigenvalue weighted by molar-refractivity contribution is -0.118. The third-order valence-electron chi connectivity index (χ3n) is 4.59. The molecule has 3 N–H and O–H groups in total. The monoisotopic (exact) mass is 385 g/mol. The second-order valence-electron chi connectivity index (χ2n) is 6.59. The van der Waals surface area contributed by atoms with Crippen molar-refractivity contribution < 1.29 is 14.3 Å². The van der Waals surface area contributed by atoms with E-state index in [1.54, 1.807) is 30.5 Å².